The highest BCUT2D eigenvalue weighted by molar-refractivity contribution is 5.78. The summed E-state index contributed by atoms with van der Waals surface area (Å²) in [4.78, 5) is 22.2. The van der Waals surface area contributed by atoms with Crippen LogP contribution in [0.4, 0.5) is 0 Å². The third-order valence-corrected chi connectivity index (χ3v) is 2.82. The Morgan fingerprint density at radius 1 is 1.25 bits per heavy atom. The molecule has 1 atom stereocenters. The molecular formula is C12H20O4. The average Bonchev–Trinajstić information content (AvgIpc) is 2.68. The van der Waals surface area contributed by atoms with Crippen molar-refractivity contribution in [2.75, 3.05) is 13.2 Å². The van der Waals surface area contributed by atoms with E-state index in [0.29, 0.717) is 26.1 Å². The van der Waals surface area contributed by atoms with Crippen LogP contribution in [0.15, 0.2) is 0 Å². The van der Waals surface area contributed by atoms with Crippen LogP contribution in [0.2, 0.25) is 0 Å². The molecule has 16 heavy (non-hydrogen) atoms. The smallest absolute Gasteiger partial charge is 0.158 e. The van der Waals surface area contributed by atoms with E-state index in [2.05, 4.69) is 0 Å². The molecule has 1 rings (SSSR count). The summed E-state index contributed by atoms with van der Waals surface area (Å²) in [5, 5.41) is 0. The Morgan fingerprint density at radius 2 is 1.88 bits per heavy atom. The Kier molecular flexibility index (Phi) is 5.63. The number of hydrogen-bond donors (Lipinski definition) is 0. The van der Waals surface area contributed by atoms with Gasteiger partial charge in [-0.1, -0.05) is 0 Å². The summed E-state index contributed by atoms with van der Waals surface area (Å²) < 4.78 is 10.6. The Labute approximate surface area is 96.3 Å². The molecule has 0 aromatic heterocycles. The molecule has 1 unspecified atom stereocenters. The topological polar surface area (TPSA) is 52.6 Å². The zero-order chi connectivity index (χ0) is 12.0. The largest absolute Gasteiger partial charge is 0.350 e. The summed E-state index contributed by atoms with van der Waals surface area (Å²) >= 11 is 0. The molecule has 0 N–H and O–H groups in total. The van der Waals surface area contributed by atoms with Crippen LogP contribution in [-0.4, -0.2) is 31.1 Å². The van der Waals surface area contributed by atoms with Gasteiger partial charge in [0.1, 0.15) is 11.6 Å². The van der Waals surface area contributed by atoms with Gasteiger partial charge in [0.25, 0.3) is 0 Å². The van der Waals surface area contributed by atoms with Gasteiger partial charge in [0.15, 0.2) is 6.29 Å². The highest BCUT2D eigenvalue weighted by Gasteiger charge is 2.23. The van der Waals surface area contributed by atoms with E-state index in [-0.39, 0.29) is 23.8 Å². The van der Waals surface area contributed by atoms with Crippen LogP contribution in [0.25, 0.3) is 0 Å². The molecule has 1 aliphatic rings. The zero-order valence-electron chi connectivity index (χ0n) is 10.0. The predicted octanol–water partition coefficient (Wildman–Crippen LogP) is 1.71. The molecule has 4 heteroatoms. The second-order valence-corrected chi connectivity index (χ2v) is 4.31. The minimum atomic E-state index is -0.230. The first-order valence-electron chi connectivity index (χ1n) is 5.82. The average molecular weight is 228 g/mol. The molecule has 1 aliphatic heterocycles. The number of ketones is 2. The van der Waals surface area contributed by atoms with E-state index in [1.54, 1.807) is 13.8 Å². The van der Waals surface area contributed by atoms with E-state index in [1.807, 2.05) is 0 Å². The van der Waals surface area contributed by atoms with Crippen LogP contribution in [0, 0.1) is 5.92 Å². The summed E-state index contributed by atoms with van der Waals surface area (Å²) in [7, 11) is 0. The molecule has 0 aliphatic carbocycles. The van der Waals surface area contributed by atoms with Gasteiger partial charge in [-0.2, -0.15) is 0 Å². The normalized spacial score (nSPS) is 18.6. The molecule has 0 aromatic carbocycles. The Hall–Kier alpha value is -0.740. The van der Waals surface area contributed by atoms with Gasteiger partial charge in [0.05, 0.1) is 13.2 Å². The van der Waals surface area contributed by atoms with E-state index in [1.165, 1.54) is 0 Å². The van der Waals surface area contributed by atoms with Crippen LogP contribution in [0.5, 0.6) is 0 Å². The van der Waals surface area contributed by atoms with Crippen molar-refractivity contribution >= 4 is 11.6 Å². The van der Waals surface area contributed by atoms with E-state index < -0.39 is 0 Å². The molecule has 0 amide bonds. The third-order valence-electron chi connectivity index (χ3n) is 2.82. The number of ether oxygens (including phenoxy) is 2. The van der Waals surface area contributed by atoms with Gasteiger partial charge in [0, 0.05) is 18.8 Å². The van der Waals surface area contributed by atoms with Gasteiger partial charge in [-0.25, -0.2) is 0 Å². The minimum Gasteiger partial charge on any atom is -0.350 e. The van der Waals surface area contributed by atoms with Crippen LogP contribution < -0.4 is 0 Å². The number of carbonyl (C=O) groups is 2. The predicted molar refractivity (Wildman–Crippen MR) is 59.0 cm³/mol. The molecule has 1 heterocycles. The number of Topliss-reactive ketones (excluding diaryl/α,β-unsaturated/α-hetero) is 2. The maximum Gasteiger partial charge on any atom is 0.158 e. The lowest BCUT2D eigenvalue weighted by molar-refractivity contribution is -0.125. The number of carbonyl (C=O) groups excluding carboxylic acids is 2. The standard InChI is InChI=1S/C12H20O4/c1-9(13)4-3-5-11(10(2)14)8-12-15-6-7-16-12/h11-12H,3-8H2,1-2H3. The maximum atomic E-state index is 11.4. The monoisotopic (exact) mass is 228 g/mol. The summed E-state index contributed by atoms with van der Waals surface area (Å²) in [6.45, 7) is 4.39. The first-order valence-corrected chi connectivity index (χ1v) is 5.82. The second kappa shape index (κ2) is 6.76. The van der Waals surface area contributed by atoms with Gasteiger partial charge < -0.3 is 14.3 Å². The molecule has 0 saturated carbocycles. The van der Waals surface area contributed by atoms with Crippen LogP contribution in [-0.2, 0) is 19.1 Å². The SMILES string of the molecule is CC(=O)CCCC(CC1OCCO1)C(C)=O. The molecule has 4 nitrogen and oxygen atoms in total. The van der Waals surface area contributed by atoms with Crippen molar-refractivity contribution in [1.29, 1.82) is 0 Å². The highest BCUT2D eigenvalue weighted by atomic mass is 16.7. The Morgan fingerprint density at radius 3 is 2.38 bits per heavy atom. The fraction of sp³-hybridized carbons (Fsp3) is 0.833. The van der Waals surface area contributed by atoms with E-state index in [4.69, 9.17) is 9.47 Å². The van der Waals surface area contributed by atoms with Gasteiger partial charge in [0.2, 0.25) is 0 Å². The van der Waals surface area contributed by atoms with E-state index >= 15 is 0 Å². The quantitative estimate of drug-likeness (QED) is 0.665. The molecule has 92 valence electrons. The lowest BCUT2D eigenvalue weighted by Gasteiger charge is -2.16. The van der Waals surface area contributed by atoms with Gasteiger partial charge in [-0.15, -0.1) is 0 Å². The van der Waals surface area contributed by atoms with Crippen LogP contribution in [0.3, 0.4) is 0 Å². The summed E-state index contributed by atoms with van der Waals surface area (Å²) in [6.07, 6.45) is 2.46. The summed E-state index contributed by atoms with van der Waals surface area (Å²) in [5.41, 5.74) is 0. The molecule has 0 spiro atoms. The van der Waals surface area contributed by atoms with Crippen molar-refractivity contribution in [3.05, 3.63) is 0 Å². The molecule has 0 bridgehead atoms. The molecule has 1 fully saturated rings. The van der Waals surface area contributed by atoms with Crippen molar-refractivity contribution in [2.45, 2.75) is 45.8 Å². The first-order chi connectivity index (χ1) is 7.59. The van der Waals surface area contributed by atoms with Crippen molar-refractivity contribution in [3.8, 4) is 0 Å². The fourth-order valence-corrected chi connectivity index (χ4v) is 1.86. The van der Waals surface area contributed by atoms with Crippen LogP contribution >= 0.6 is 0 Å². The lowest BCUT2D eigenvalue weighted by Crippen LogP contribution is -2.20. The second-order valence-electron chi connectivity index (χ2n) is 4.31. The summed E-state index contributed by atoms with van der Waals surface area (Å²) in [6, 6.07) is 0. The van der Waals surface area contributed by atoms with Gasteiger partial charge in [-0.3, -0.25) is 4.79 Å². The highest BCUT2D eigenvalue weighted by Crippen LogP contribution is 2.20. The lowest BCUT2D eigenvalue weighted by atomic mass is 9.94. The van der Waals surface area contributed by atoms with E-state index in [9.17, 15) is 9.59 Å². The first kappa shape index (κ1) is 13.3. The van der Waals surface area contributed by atoms with Crippen molar-refractivity contribution < 1.29 is 19.1 Å². The number of hydrogen-bond acceptors (Lipinski definition) is 4. The van der Waals surface area contributed by atoms with Crippen molar-refractivity contribution in [1.82, 2.24) is 0 Å². The molecular weight excluding hydrogens is 208 g/mol. The maximum absolute atomic E-state index is 11.4. The molecule has 0 radical (unpaired) electrons. The third kappa shape index (κ3) is 4.86. The van der Waals surface area contributed by atoms with E-state index in [0.717, 1.165) is 12.8 Å². The van der Waals surface area contributed by atoms with Crippen molar-refractivity contribution in [3.63, 3.8) is 0 Å². The van der Waals surface area contributed by atoms with Crippen molar-refractivity contribution in [2.24, 2.45) is 5.92 Å². The van der Waals surface area contributed by atoms with Crippen LogP contribution in [0.1, 0.15) is 39.5 Å². The minimum absolute atomic E-state index is 0.0394. The summed E-state index contributed by atoms with van der Waals surface area (Å²) in [5.74, 6) is 0.292. The van der Waals surface area contributed by atoms with Gasteiger partial charge >= 0.3 is 0 Å². The Balaban J connectivity index is 2.29. The van der Waals surface area contributed by atoms with Gasteiger partial charge in [-0.05, 0) is 26.7 Å². The molecule has 1 saturated heterocycles. The Bertz CT molecular complexity index is 243. The fourth-order valence-electron chi connectivity index (χ4n) is 1.86. The molecule has 0 aromatic rings. The zero-order valence-corrected chi connectivity index (χ0v) is 10.0. The number of rotatable bonds is 7.